The molecular weight excluding hydrogens is 232 g/mol. The Bertz CT molecular complexity index is 534. The van der Waals surface area contributed by atoms with Crippen LogP contribution < -0.4 is 0 Å². The van der Waals surface area contributed by atoms with Crippen molar-refractivity contribution in [2.45, 2.75) is 6.42 Å². The van der Waals surface area contributed by atoms with Gasteiger partial charge in [-0.25, -0.2) is 0 Å². The first-order valence-corrected chi connectivity index (χ1v) is 6.16. The van der Waals surface area contributed by atoms with Crippen LogP contribution in [0.3, 0.4) is 0 Å². The third-order valence-corrected chi connectivity index (χ3v) is 3.21. The van der Waals surface area contributed by atoms with Crippen molar-refractivity contribution in [2.24, 2.45) is 0 Å². The molecule has 1 aliphatic heterocycles. The van der Waals surface area contributed by atoms with E-state index in [1.54, 1.807) is 18.3 Å². The first-order valence-electron chi connectivity index (χ1n) is 6.16. The molecule has 0 atom stereocenters. The Morgan fingerprint density at radius 2 is 2.06 bits per heavy atom. The third-order valence-electron chi connectivity index (χ3n) is 3.21. The van der Waals surface area contributed by atoms with Crippen LogP contribution in [0.4, 0.5) is 0 Å². The van der Waals surface area contributed by atoms with E-state index in [2.05, 4.69) is 15.1 Å². The highest BCUT2D eigenvalue weighted by Gasteiger charge is 2.12. The number of hydrogen-bond acceptors (Lipinski definition) is 5. The predicted octanol–water partition coefficient (Wildman–Crippen LogP) is 0.310. The minimum absolute atomic E-state index is 0.231. The second kappa shape index (κ2) is 4.91. The second-order valence-corrected chi connectivity index (χ2v) is 4.44. The summed E-state index contributed by atoms with van der Waals surface area (Å²) in [4.78, 5) is 2.35. The van der Waals surface area contributed by atoms with Gasteiger partial charge in [-0.2, -0.15) is 0 Å². The molecule has 0 aliphatic carbocycles. The van der Waals surface area contributed by atoms with Gasteiger partial charge in [-0.3, -0.25) is 9.30 Å². The highest BCUT2D eigenvalue weighted by molar-refractivity contribution is 5.40. The average molecular weight is 248 g/mol. The van der Waals surface area contributed by atoms with Crippen LogP contribution >= 0.6 is 0 Å². The summed E-state index contributed by atoms with van der Waals surface area (Å²) in [6, 6.07) is 3.39. The van der Waals surface area contributed by atoms with Crippen LogP contribution in [0.15, 0.2) is 18.3 Å². The number of hydrogen-bond donors (Lipinski definition) is 1. The topological polar surface area (TPSA) is 62.9 Å². The Morgan fingerprint density at radius 1 is 1.22 bits per heavy atom. The molecule has 0 unspecified atom stereocenters. The Morgan fingerprint density at radius 3 is 2.89 bits per heavy atom. The number of morpholine rings is 1. The Balaban J connectivity index is 1.72. The van der Waals surface area contributed by atoms with Gasteiger partial charge in [0.05, 0.1) is 19.4 Å². The number of nitrogens with zero attached hydrogens (tertiary/aromatic N) is 4. The third kappa shape index (κ3) is 2.30. The molecule has 0 radical (unpaired) electrons. The van der Waals surface area contributed by atoms with Crippen LogP contribution in [-0.2, 0) is 11.2 Å². The van der Waals surface area contributed by atoms with E-state index in [-0.39, 0.29) is 5.75 Å². The summed E-state index contributed by atoms with van der Waals surface area (Å²) in [6.07, 6.45) is 2.48. The molecule has 2 aromatic rings. The molecule has 0 amide bonds. The summed E-state index contributed by atoms with van der Waals surface area (Å²) in [5.41, 5.74) is 0.768. The van der Waals surface area contributed by atoms with Crippen LogP contribution in [0, 0.1) is 0 Å². The lowest BCUT2D eigenvalue weighted by molar-refractivity contribution is 0.0382. The summed E-state index contributed by atoms with van der Waals surface area (Å²) in [5, 5.41) is 17.7. The van der Waals surface area contributed by atoms with E-state index in [1.165, 1.54) is 0 Å². The summed E-state index contributed by atoms with van der Waals surface area (Å²) in [7, 11) is 0. The predicted molar refractivity (Wildman–Crippen MR) is 65.6 cm³/mol. The number of aromatic hydroxyl groups is 1. The van der Waals surface area contributed by atoms with Gasteiger partial charge in [0.2, 0.25) is 0 Å². The van der Waals surface area contributed by atoms with Gasteiger partial charge in [-0.1, -0.05) is 0 Å². The van der Waals surface area contributed by atoms with Gasteiger partial charge >= 0.3 is 0 Å². The quantitative estimate of drug-likeness (QED) is 0.847. The highest BCUT2D eigenvalue weighted by Crippen LogP contribution is 2.12. The van der Waals surface area contributed by atoms with E-state index < -0.39 is 0 Å². The van der Waals surface area contributed by atoms with Crippen molar-refractivity contribution in [1.29, 1.82) is 0 Å². The van der Waals surface area contributed by atoms with Crippen LogP contribution in [0.1, 0.15) is 5.82 Å². The van der Waals surface area contributed by atoms with E-state index >= 15 is 0 Å². The van der Waals surface area contributed by atoms with Gasteiger partial charge in [0.15, 0.2) is 5.65 Å². The van der Waals surface area contributed by atoms with Crippen LogP contribution in [-0.4, -0.2) is 57.5 Å². The van der Waals surface area contributed by atoms with Gasteiger partial charge in [-0.05, 0) is 12.1 Å². The molecule has 96 valence electrons. The smallest absolute Gasteiger partial charge is 0.161 e. The molecule has 1 aliphatic rings. The van der Waals surface area contributed by atoms with Gasteiger partial charge in [-0.15, -0.1) is 10.2 Å². The Kier molecular flexibility index (Phi) is 3.12. The van der Waals surface area contributed by atoms with Gasteiger partial charge < -0.3 is 9.84 Å². The van der Waals surface area contributed by atoms with Crippen LogP contribution in [0.5, 0.6) is 5.75 Å². The molecule has 1 fully saturated rings. The SMILES string of the molecule is Oc1ccc2nnc(CCN3CCOCC3)n2c1. The molecule has 1 saturated heterocycles. The summed E-state index contributed by atoms with van der Waals surface area (Å²) in [5.74, 6) is 1.11. The van der Waals surface area contributed by atoms with E-state index in [4.69, 9.17) is 4.74 Å². The number of fused-ring (bicyclic) bond motifs is 1. The summed E-state index contributed by atoms with van der Waals surface area (Å²) in [6.45, 7) is 4.51. The summed E-state index contributed by atoms with van der Waals surface area (Å²) >= 11 is 0. The van der Waals surface area contributed by atoms with Gasteiger partial charge in [0.1, 0.15) is 11.6 Å². The maximum absolute atomic E-state index is 9.49. The lowest BCUT2D eigenvalue weighted by Gasteiger charge is -2.26. The monoisotopic (exact) mass is 248 g/mol. The van der Waals surface area contributed by atoms with Crippen molar-refractivity contribution in [3.63, 3.8) is 0 Å². The van der Waals surface area contributed by atoms with Crippen LogP contribution in [0.2, 0.25) is 0 Å². The molecule has 3 rings (SSSR count). The summed E-state index contributed by atoms with van der Waals surface area (Å²) < 4.78 is 7.16. The molecule has 0 spiro atoms. The van der Waals surface area contributed by atoms with Crippen molar-refractivity contribution < 1.29 is 9.84 Å². The van der Waals surface area contributed by atoms with Crippen molar-refractivity contribution in [1.82, 2.24) is 19.5 Å². The van der Waals surface area contributed by atoms with Crippen molar-refractivity contribution in [2.75, 3.05) is 32.8 Å². The van der Waals surface area contributed by atoms with E-state index in [9.17, 15) is 5.11 Å². The zero-order chi connectivity index (χ0) is 12.4. The molecule has 18 heavy (non-hydrogen) atoms. The maximum atomic E-state index is 9.49. The fraction of sp³-hybridized carbons (Fsp3) is 0.500. The minimum Gasteiger partial charge on any atom is -0.506 e. The first kappa shape index (κ1) is 11.4. The lowest BCUT2D eigenvalue weighted by atomic mass is 10.3. The second-order valence-electron chi connectivity index (χ2n) is 4.44. The van der Waals surface area contributed by atoms with Crippen molar-refractivity contribution in [3.8, 4) is 5.75 Å². The number of ether oxygens (including phenoxy) is 1. The zero-order valence-corrected chi connectivity index (χ0v) is 10.1. The standard InChI is InChI=1S/C12H16N4O2/c17-10-1-2-11-13-14-12(16(11)9-10)3-4-15-5-7-18-8-6-15/h1-2,9,17H,3-8H2. The minimum atomic E-state index is 0.231. The van der Waals surface area contributed by atoms with Crippen molar-refractivity contribution in [3.05, 3.63) is 24.2 Å². The average Bonchev–Trinajstić information content (AvgIpc) is 2.80. The molecule has 0 saturated carbocycles. The zero-order valence-electron chi connectivity index (χ0n) is 10.1. The molecule has 3 heterocycles. The largest absolute Gasteiger partial charge is 0.506 e. The fourth-order valence-electron chi connectivity index (χ4n) is 2.18. The molecule has 0 aromatic carbocycles. The highest BCUT2D eigenvalue weighted by atomic mass is 16.5. The lowest BCUT2D eigenvalue weighted by Crippen LogP contribution is -2.37. The van der Waals surface area contributed by atoms with E-state index in [1.807, 2.05) is 4.40 Å². The molecule has 0 bridgehead atoms. The molecule has 6 heteroatoms. The van der Waals surface area contributed by atoms with E-state index in [0.29, 0.717) is 0 Å². The first-order chi connectivity index (χ1) is 8.83. The molecule has 2 aromatic heterocycles. The van der Waals surface area contributed by atoms with Crippen LogP contribution in [0.25, 0.3) is 5.65 Å². The van der Waals surface area contributed by atoms with Gasteiger partial charge in [0, 0.05) is 26.1 Å². The van der Waals surface area contributed by atoms with Gasteiger partial charge in [0.25, 0.3) is 0 Å². The Hall–Kier alpha value is -1.66. The fourth-order valence-corrected chi connectivity index (χ4v) is 2.18. The number of aromatic nitrogens is 3. The maximum Gasteiger partial charge on any atom is 0.161 e. The van der Waals surface area contributed by atoms with Crippen molar-refractivity contribution >= 4 is 5.65 Å². The normalized spacial score (nSPS) is 17.3. The molecular formula is C12H16N4O2. The molecule has 6 nitrogen and oxygen atoms in total. The van der Waals surface area contributed by atoms with E-state index in [0.717, 1.165) is 50.7 Å². The Labute approximate surface area is 105 Å². The molecule has 1 N–H and O–H groups in total. The number of pyridine rings is 1. The number of rotatable bonds is 3.